The number of carboxylic acids is 1. The molecule has 2 rings (SSSR count). The van der Waals surface area contributed by atoms with Crippen molar-refractivity contribution in [3.05, 3.63) is 52.5 Å². The summed E-state index contributed by atoms with van der Waals surface area (Å²) in [6, 6.07) is 6.43. The molecule has 18 heavy (non-hydrogen) atoms. The van der Waals surface area contributed by atoms with Gasteiger partial charge in [-0.05, 0) is 24.3 Å². The molecule has 1 N–H and O–H groups in total. The van der Waals surface area contributed by atoms with E-state index in [4.69, 9.17) is 9.84 Å². The van der Waals surface area contributed by atoms with Crippen LogP contribution in [0.5, 0.6) is 5.75 Å². The molecule has 0 unspecified atom stereocenters. The van der Waals surface area contributed by atoms with Crippen molar-refractivity contribution in [2.75, 3.05) is 0 Å². The van der Waals surface area contributed by atoms with Crippen LogP contribution in [-0.2, 0) is 6.61 Å². The molecule has 5 nitrogen and oxygen atoms in total. The van der Waals surface area contributed by atoms with Gasteiger partial charge in [0.15, 0.2) is 5.82 Å². The van der Waals surface area contributed by atoms with Crippen LogP contribution >= 0.6 is 15.9 Å². The van der Waals surface area contributed by atoms with Crippen molar-refractivity contribution in [1.82, 2.24) is 9.97 Å². The molecule has 1 heterocycles. The van der Waals surface area contributed by atoms with Gasteiger partial charge in [0, 0.05) is 16.9 Å². The third kappa shape index (κ3) is 3.04. The number of aromatic carboxylic acids is 1. The second-order valence-electron chi connectivity index (χ2n) is 3.40. The molecule has 1 aromatic heterocycles. The van der Waals surface area contributed by atoms with Crippen LogP contribution in [0.25, 0.3) is 0 Å². The van der Waals surface area contributed by atoms with E-state index in [2.05, 4.69) is 25.9 Å². The Morgan fingerprint density at radius 1 is 1.33 bits per heavy atom. The number of carboxylic acid groups (broad SMARTS) is 1. The number of hydrogen-bond acceptors (Lipinski definition) is 4. The molecule has 0 spiro atoms. The molecule has 0 amide bonds. The van der Waals surface area contributed by atoms with Crippen molar-refractivity contribution in [3.63, 3.8) is 0 Å². The number of carbonyl (C=O) groups is 1. The highest BCUT2D eigenvalue weighted by atomic mass is 79.9. The number of aromatic nitrogens is 2. The summed E-state index contributed by atoms with van der Waals surface area (Å²) in [6.45, 7) is 0.123. The molecule has 2 aromatic rings. The fourth-order valence-corrected chi connectivity index (χ4v) is 1.68. The second-order valence-corrected chi connectivity index (χ2v) is 4.32. The molecule has 92 valence electrons. The van der Waals surface area contributed by atoms with Gasteiger partial charge in [-0.25, -0.2) is 14.8 Å². The number of nitrogens with zero attached hydrogens (tertiary/aromatic N) is 2. The summed E-state index contributed by atoms with van der Waals surface area (Å²) in [4.78, 5) is 19.0. The topological polar surface area (TPSA) is 72.3 Å². The number of rotatable bonds is 4. The first-order chi connectivity index (χ1) is 8.66. The maximum atomic E-state index is 11.0. The number of hydrogen-bond donors (Lipinski definition) is 1. The van der Waals surface area contributed by atoms with E-state index >= 15 is 0 Å². The van der Waals surface area contributed by atoms with Crippen LogP contribution in [-0.4, -0.2) is 21.0 Å². The lowest BCUT2D eigenvalue weighted by Gasteiger charge is -2.08. The molecular weight excluding hydrogens is 300 g/mol. The Bertz CT molecular complexity index is 561. The van der Waals surface area contributed by atoms with Gasteiger partial charge < -0.3 is 9.84 Å². The Balaban J connectivity index is 2.18. The van der Waals surface area contributed by atoms with E-state index in [0.29, 0.717) is 5.82 Å². The van der Waals surface area contributed by atoms with Crippen LogP contribution < -0.4 is 4.74 Å². The van der Waals surface area contributed by atoms with E-state index in [0.717, 1.165) is 4.47 Å². The second kappa shape index (κ2) is 5.59. The highest BCUT2D eigenvalue weighted by Crippen LogP contribution is 2.24. The lowest BCUT2D eigenvalue weighted by atomic mass is 10.2. The van der Waals surface area contributed by atoms with Crippen molar-refractivity contribution in [3.8, 4) is 5.75 Å². The predicted octanol–water partition coefficient (Wildman–Crippen LogP) is 2.52. The first kappa shape index (κ1) is 12.5. The van der Waals surface area contributed by atoms with Gasteiger partial charge in [0.1, 0.15) is 17.9 Å². The van der Waals surface area contributed by atoms with Gasteiger partial charge in [-0.15, -0.1) is 0 Å². The molecule has 0 atom stereocenters. The Hall–Kier alpha value is -1.95. The summed E-state index contributed by atoms with van der Waals surface area (Å²) >= 11 is 3.27. The highest BCUT2D eigenvalue weighted by molar-refractivity contribution is 9.10. The molecule has 6 heteroatoms. The fourth-order valence-electron chi connectivity index (χ4n) is 1.34. The van der Waals surface area contributed by atoms with Gasteiger partial charge in [0.25, 0.3) is 0 Å². The van der Waals surface area contributed by atoms with Crippen LogP contribution in [0.4, 0.5) is 0 Å². The van der Waals surface area contributed by atoms with E-state index < -0.39 is 5.97 Å². The lowest BCUT2D eigenvalue weighted by Crippen LogP contribution is -2.05. The molecule has 0 fully saturated rings. The summed E-state index contributed by atoms with van der Waals surface area (Å²) in [5, 5.41) is 9.03. The SMILES string of the molecule is O=C(O)c1ccc(Br)cc1OCc1ncccn1. The van der Waals surface area contributed by atoms with Crippen LogP contribution in [0.3, 0.4) is 0 Å². The van der Waals surface area contributed by atoms with Gasteiger partial charge in [0.05, 0.1) is 0 Å². The van der Waals surface area contributed by atoms with E-state index in [1.54, 1.807) is 30.6 Å². The smallest absolute Gasteiger partial charge is 0.339 e. The van der Waals surface area contributed by atoms with Gasteiger partial charge in [-0.1, -0.05) is 15.9 Å². The molecule has 0 saturated carbocycles. The fraction of sp³-hybridized carbons (Fsp3) is 0.0833. The summed E-state index contributed by atoms with van der Waals surface area (Å²) in [5.41, 5.74) is 0.106. The molecule has 0 radical (unpaired) electrons. The minimum atomic E-state index is -1.04. The van der Waals surface area contributed by atoms with Crippen molar-refractivity contribution in [2.24, 2.45) is 0 Å². The summed E-state index contributed by atoms with van der Waals surface area (Å²) in [7, 11) is 0. The molecule has 0 aliphatic heterocycles. The Morgan fingerprint density at radius 3 is 2.72 bits per heavy atom. The molecule has 0 bridgehead atoms. The molecule has 1 aromatic carbocycles. The maximum absolute atomic E-state index is 11.0. The largest absolute Gasteiger partial charge is 0.485 e. The average molecular weight is 309 g/mol. The molecule has 0 aliphatic carbocycles. The lowest BCUT2D eigenvalue weighted by molar-refractivity contribution is 0.0691. The van der Waals surface area contributed by atoms with E-state index in [9.17, 15) is 4.79 Å². The van der Waals surface area contributed by atoms with Gasteiger partial charge in [-0.2, -0.15) is 0 Å². The Labute approximate surface area is 112 Å². The number of benzene rings is 1. The highest BCUT2D eigenvalue weighted by Gasteiger charge is 2.12. The monoisotopic (exact) mass is 308 g/mol. The summed E-state index contributed by atoms with van der Waals surface area (Å²) in [6.07, 6.45) is 3.20. The number of halogens is 1. The van der Waals surface area contributed by atoms with Crippen molar-refractivity contribution in [1.29, 1.82) is 0 Å². The zero-order valence-corrected chi connectivity index (χ0v) is 10.8. The van der Waals surface area contributed by atoms with Crippen LogP contribution in [0.15, 0.2) is 41.1 Å². The quantitative estimate of drug-likeness (QED) is 0.939. The van der Waals surface area contributed by atoms with Gasteiger partial charge >= 0.3 is 5.97 Å². The van der Waals surface area contributed by atoms with E-state index in [1.807, 2.05) is 0 Å². The zero-order valence-electron chi connectivity index (χ0n) is 9.21. The summed E-state index contributed by atoms with van der Waals surface area (Å²) in [5.74, 6) is -0.260. The first-order valence-corrected chi connectivity index (χ1v) is 5.87. The minimum absolute atomic E-state index is 0.106. The molecule has 0 aliphatic rings. The Morgan fingerprint density at radius 2 is 2.06 bits per heavy atom. The van der Waals surface area contributed by atoms with E-state index in [1.165, 1.54) is 6.07 Å². The van der Waals surface area contributed by atoms with Crippen LogP contribution in [0.1, 0.15) is 16.2 Å². The van der Waals surface area contributed by atoms with Crippen molar-refractivity contribution >= 4 is 21.9 Å². The van der Waals surface area contributed by atoms with Crippen molar-refractivity contribution < 1.29 is 14.6 Å². The predicted molar refractivity (Wildman–Crippen MR) is 67.5 cm³/mol. The first-order valence-electron chi connectivity index (χ1n) is 5.08. The maximum Gasteiger partial charge on any atom is 0.339 e. The molecule has 0 saturated heterocycles. The third-order valence-electron chi connectivity index (χ3n) is 2.15. The van der Waals surface area contributed by atoms with E-state index in [-0.39, 0.29) is 17.9 Å². The minimum Gasteiger partial charge on any atom is -0.485 e. The zero-order chi connectivity index (χ0) is 13.0. The van der Waals surface area contributed by atoms with Gasteiger partial charge in [-0.3, -0.25) is 0 Å². The Kier molecular flexibility index (Phi) is 3.88. The van der Waals surface area contributed by atoms with Gasteiger partial charge in [0.2, 0.25) is 0 Å². The van der Waals surface area contributed by atoms with Crippen LogP contribution in [0.2, 0.25) is 0 Å². The average Bonchev–Trinajstić information content (AvgIpc) is 2.37. The van der Waals surface area contributed by atoms with Crippen molar-refractivity contribution in [2.45, 2.75) is 6.61 Å². The van der Waals surface area contributed by atoms with Crippen LogP contribution in [0, 0.1) is 0 Å². The molecular formula is C12H9BrN2O3. The normalized spacial score (nSPS) is 10.1. The number of ether oxygens (including phenoxy) is 1. The standard InChI is InChI=1S/C12H9BrN2O3/c13-8-2-3-9(12(16)17)10(6-8)18-7-11-14-4-1-5-15-11/h1-6H,7H2,(H,16,17). The summed E-state index contributed by atoms with van der Waals surface area (Å²) < 4.78 is 6.18. The third-order valence-corrected chi connectivity index (χ3v) is 2.64.